The van der Waals surface area contributed by atoms with Gasteiger partial charge in [-0.15, -0.1) is 0 Å². The van der Waals surface area contributed by atoms with Crippen LogP contribution in [0.1, 0.15) is 0 Å². The normalized spacial score (nSPS) is 11.4. The first-order valence-electron chi connectivity index (χ1n) is 19.9. The van der Waals surface area contributed by atoms with Gasteiger partial charge in [0, 0.05) is 34.2 Å². The second-order valence-corrected chi connectivity index (χ2v) is 15.0. The third kappa shape index (κ3) is 5.82. The fraction of sp³-hybridized carbons (Fsp3) is 0. The number of hydrogen-bond acceptors (Lipinski definition) is 1. The van der Waals surface area contributed by atoms with Crippen molar-refractivity contribution in [2.24, 2.45) is 0 Å². The Balaban J connectivity index is 1.02. The zero-order chi connectivity index (χ0) is 38.4. The fourth-order valence-electron chi connectivity index (χ4n) is 8.77. The predicted octanol–water partition coefficient (Wildman–Crippen LogP) is 15.5. The second-order valence-electron chi connectivity index (χ2n) is 15.0. The number of pyridine rings is 1. The molecule has 0 N–H and O–H groups in total. The van der Waals surface area contributed by atoms with E-state index in [0.717, 1.165) is 17.1 Å². The Labute approximate surface area is 338 Å². The fourth-order valence-corrected chi connectivity index (χ4v) is 8.77. The number of benzene rings is 9. The first kappa shape index (κ1) is 33.6. The lowest BCUT2D eigenvalue weighted by Crippen LogP contribution is -2.09. The lowest BCUT2D eigenvalue weighted by atomic mass is 9.93. The lowest BCUT2D eigenvalue weighted by Gasteiger charge is -2.26. The Hall–Kier alpha value is -7.68. The predicted molar refractivity (Wildman–Crippen MR) is 246 cm³/mol. The molecular weight excluding hydrogens is 701 g/mol. The molecule has 0 bridgehead atoms. The van der Waals surface area contributed by atoms with Crippen LogP contribution in [0.5, 0.6) is 0 Å². The van der Waals surface area contributed by atoms with Crippen molar-refractivity contribution in [1.82, 2.24) is 4.40 Å². The van der Waals surface area contributed by atoms with Crippen LogP contribution in [0.3, 0.4) is 0 Å². The van der Waals surface area contributed by atoms with Gasteiger partial charge in [-0.05, 0) is 121 Å². The van der Waals surface area contributed by atoms with Gasteiger partial charge in [0.05, 0.1) is 11.0 Å². The van der Waals surface area contributed by atoms with Crippen molar-refractivity contribution in [3.05, 3.63) is 231 Å². The third-order valence-electron chi connectivity index (χ3n) is 11.6. The van der Waals surface area contributed by atoms with Crippen molar-refractivity contribution in [3.63, 3.8) is 0 Å². The smallest absolute Gasteiger partial charge is 0.0541 e. The molecule has 0 atom stereocenters. The van der Waals surface area contributed by atoms with Crippen LogP contribution in [-0.4, -0.2) is 4.40 Å². The van der Waals surface area contributed by atoms with Crippen LogP contribution in [0.15, 0.2) is 231 Å². The molecule has 272 valence electrons. The van der Waals surface area contributed by atoms with Crippen molar-refractivity contribution >= 4 is 55.0 Å². The molecule has 9 aromatic carbocycles. The highest BCUT2D eigenvalue weighted by Crippen LogP contribution is 2.44. The maximum Gasteiger partial charge on any atom is 0.0541 e. The first-order valence-corrected chi connectivity index (χ1v) is 19.9. The molecule has 0 aliphatic carbocycles. The summed E-state index contributed by atoms with van der Waals surface area (Å²) in [6.45, 7) is 0. The molecule has 58 heavy (non-hydrogen) atoms. The minimum atomic E-state index is 1.10. The van der Waals surface area contributed by atoms with Crippen LogP contribution < -0.4 is 4.90 Å². The van der Waals surface area contributed by atoms with Gasteiger partial charge in [-0.3, -0.25) is 0 Å². The standard InChI is InChI=1S/C56H38N2/c1-3-12-39(13-4-1)41-23-30-47(31-24-41)58(48-32-25-42(26-33-48)40-14-5-2-6-15-40)49-34-27-43(28-35-49)46-22-21-45-29-36-54-56(52(45)38-46)55(53-20-9-10-37-57(53)54)51-19-11-17-44-16-7-8-18-50(44)51/h1-38H. The molecule has 2 nitrogen and oxygen atoms in total. The number of anilines is 3. The summed E-state index contributed by atoms with van der Waals surface area (Å²) >= 11 is 0. The molecule has 0 saturated heterocycles. The summed E-state index contributed by atoms with van der Waals surface area (Å²) < 4.78 is 2.35. The largest absolute Gasteiger partial charge is 0.316 e. The number of hydrogen-bond donors (Lipinski definition) is 0. The van der Waals surface area contributed by atoms with Gasteiger partial charge < -0.3 is 9.30 Å². The van der Waals surface area contributed by atoms with E-state index in [2.05, 4.69) is 240 Å². The highest BCUT2D eigenvalue weighted by molar-refractivity contribution is 6.21. The minimum absolute atomic E-state index is 1.10. The second kappa shape index (κ2) is 14.1. The van der Waals surface area contributed by atoms with Gasteiger partial charge in [-0.2, -0.15) is 0 Å². The summed E-state index contributed by atoms with van der Waals surface area (Å²) in [5.74, 6) is 0. The van der Waals surface area contributed by atoms with Gasteiger partial charge >= 0.3 is 0 Å². The molecule has 2 heteroatoms. The Morgan fingerprint density at radius 3 is 1.43 bits per heavy atom. The molecule has 11 aromatic rings. The maximum atomic E-state index is 2.39. The van der Waals surface area contributed by atoms with Crippen molar-refractivity contribution in [2.45, 2.75) is 0 Å². The Morgan fingerprint density at radius 2 is 0.793 bits per heavy atom. The molecule has 0 fully saturated rings. The van der Waals surface area contributed by atoms with E-state index in [1.165, 1.54) is 82.5 Å². The quantitative estimate of drug-likeness (QED) is 0.158. The average molecular weight is 739 g/mol. The highest BCUT2D eigenvalue weighted by Gasteiger charge is 2.19. The van der Waals surface area contributed by atoms with Crippen LogP contribution in [-0.2, 0) is 0 Å². The van der Waals surface area contributed by atoms with Gasteiger partial charge in [0.25, 0.3) is 0 Å². The lowest BCUT2D eigenvalue weighted by molar-refractivity contribution is 1.26. The van der Waals surface area contributed by atoms with Gasteiger partial charge in [-0.25, -0.2) is 0 Å². The van der Waals surface area contributed by atoms with Crippen LogP contribution in [0.25, 0.3) is 82.5 Å². The number of rotatable bonds is 7. The molecule has 0 amide bonds. The molecule has 0 aliphatic heterocycles. The van der Waals surface area contributed by atoms with E-state index in [0.29, 0.717) is 0 Å². The zero-order valence-electron chi connectivity index (χ0n) is 31.8. The van der Waals surface area contributed by atoms with Crippen LogP contribution in [0.4, 0.5) is 17.1 Å². The van der Waals surface area contributed by atoms with Gasteiger partial charge in [0.15, 0.2) is 0 Å². The molecule has 0 aliphatic rings. The minimum Gasteiger partial charge on any atom is -0.316 e. The maximum absolute atomic E-state index is 2.39. The van der Waals surface area contributed by atoms with Crippen LogP contribution >= 0.6 is 0 Å². The van der Waals surface area contributed by atoms with Crippen molar-refractivity contribution < 1.29 is 0 Å². The highest BCUT2D eigenvalue weighted by atomic mass is 15.1. The molecule has 2 heterocycles. The molecule has 11 rings (SSSR count). The van der Waals surface area contributed by atoms with E-state index in [4.69, 9.17) is 0 Å². The molecule has 0 spiro atoms. The van der Waals surface area contributed by atoms with Crippen molar-refractivity contribution in [2.75, 3.05) is 4.90 Å². The van der Waals surface area contributed by atoms with Crippen LogP contribution in [0.2, 0.25) is 0 Å². The van der Waals surface area contributed by atoms with E-state index < -0.39 is 0 Å². The zero-order valence-corrected chi connectivity index (χ0v) is 31.8. The van der Waals surface area contributed by atoms with Gasteiger partial charge in [0.2, 0.25) is 0 Å². The summed E-state index contributed by atoms with van der Waals surface area (Å²) in [7, 11) is 0. The Bertz CT molecular complexity index is 3150. The van der Waals surface area contributed by atoms with E-state index in [-0.39, 0.29) is 0 Å². The van der Waals surface area contributed by atoms with Gasteiger partial charge in [0.1, 0.15) is 0 Å². The summed E-state index contributed by atoms with van der Waals surface area (Å²) in [4.78, 5) is 2.35. The number of aromatic nitrogens is 1. The molecule has 2 aromatic heterocycles. The SMILES string of the molecule is c1ccc(-c2ccc(N(c3ccc(-c4ccccc4)cc3)c3ccc(-c4ccc5ccc6c(c(-c7cccc8ccccc78)c7ccccn76)c5c4)cc3)cc2)cc1. The summed E-state index contributed by atoms with van der Waals surface area (Å²) in [6, 6.07) is 81.4. The number of fused-ring (bicyclic) bond motifs is 6. The first-order chi connectivity index (χ1) is 28.8. The van der Waals surface area contributed by atoms with Gasteiger partial charge in [-0.1, -0.05) is 164 Å². The number of nitrogens with zero attached hydrogens (tertiary/aromatic N) is 2. The van der Waals surface area contributed by atoms with E-state index in [1.807, 2.05) is 0 Å². The van der Waals surface area contributed by atoms with E-state index in [1.54, 1.807) is 0 Å². The van der Waals surface area contributed by atoms with E-state index in [9.17, 15) is 0 Å². The average Bonchev–Trinajstić information content (AvgIpc) is 3.65. The topological polar surface area (TPSA) is 7.65 Å². The molecule has 0 saturated carbocycles. The molecular formula is C56H38N2. The molecule has 0 unspecified atom stereocenters. The van der Waals surface area contributed by atoms with Crippen molar-refractivity contribution in [1.29, 1.82) is 0 Å². The Morgan fingerprint density at radius 1 is 0.310 bits per heavy atom. The summed E-state index contributed by atoms with van der Waals surface area (Å²) in [5.41, 5.74) is 15.5. The molecule has 0 radical (unpaired) electrons. The van der Waals surface area contributed by atoms with E-state index >= 15 is 0 Å². The Kier molecular flexibility index (Phi) is 8.19. The monoisotopic (exact) mass is 738 g/mol. The summed E-state index contributed by atoms with van der Waals surface area (Å²) in [5, 5.41) is 6.28. The van der Waals surface area contributed by atoms with Crippen molar-refractivity contribution in [3.8, 4) is 44.5 Å². The third-order valence-corrected chi connectivity index (χ3v) is 11.6. The van der Waals surface area contributed by atoms with Crippen LogP contribution in [0, 0.1) is 0 Å². The summed E-state index contributed by atoms with van der Waals surface area (Å²) in [6.07, 6.45) is 2.19.